The van der Waals surface area contributed by atoms with Crippen LogP contribution >= 0.6 is 11.8 Å². The van der Waals surface area contributed by atoms with Crippen molar-refractivity contribution in [3.63, 3.8) is 0 Å². The van der Waals surface area contributed by atoms with Crippen LogP contribution in [0.3, 0.4) is 0 Å². The van der Waals surface area contributed by atoms with Gasteiger partial charge in [-0.05, 0) is 42.0 Å². The lowest BCUT2D eigenvalue weighted by molar-refractivity contribution is -0.119. The number of carbonyl (C=O) groups is 1. The van der Waals surface area contributed by atoms with Gasteiger partial charge in [0.2, 0.25) is 11.1 Å². The Morgan fingerprint density at radius 1 is 1.62 bits per heavy atom. The highest BCUT2D eigenvalue weighted by atomic mass is 32.2. The number of nitriles is 1. The third-order valence-corrected chi connectivity index (χ3v) is 4.35. The Balaban J connectivity index is 1.87. The summed E-state index contributed by atoms with van der Waals surface area (Å²) in [5.74, 6) is 0.763. The number of tetrazole rings is 1. The molecule has 1 aliphatic carbocycles. The molecule has 1 amide bonds. The first-order valence-corrected chi connectivity index (χ1v) is 8.04. The van der Waals surface area contributed by atoms with Crippen molar-refractivity contribution >= 4 is 17.7 Å². The Morgan fingerprint density at radius 3 is 2.90 bits per heavy atom. The highest BCUT2D eigenvalue weighted by Crippen LogP contribution is 2.39. The lowest BCUT2D eigenvalue weighted by Crippen LogP contribution is -2.47. The maximum absolute atomic E-state index is 12.0. The molecule has 1 atom stereocenters. The molecular formula is C13H20N6OS. The molecule has 1 fully saturated rings. The van der Waals surface area contributed by atoms with E-state index in [0.29, 0.717) is 11.1 Å². The van der Waals surface area contributed by atoms with Crippen LogP contribution in [0.2, 0.25) is 0 Å². The van der Waals surface area contributed by atoms with Gasteiger partial charge in [-0.1, -0.05) is 25.6 Å². The summed E-state index contributed by atoms with van der Waals surface area (Å²) in [4.78, 5) is 12.0. The second-order valence-corrected chi connectivity index (χ2v) is 6.91. The molecule has 8 heteroatoms. The maximum Gasteiger partial charge on any atom is 0.231 e. The van der Waals surface area contributed by atoms with Gasteiger partial charge in [0.15, 0.2) is 0 Å². The SMILES string of the molecule is CC(C)Cn1nnnc1SCC(=O)NC(C)(C#N)C1CC1. The van der Waals surface area contributed by atoms with Crippen LogP contribution in [0, 0.1) is 23.2 Å². The van der Waals surface area contributed by atoms with Crippen molar-refractivity contribution in [2.45, 2.75) is 50.9 Å². The second kappa shape index (κ2) is 6.43. The van der Waals surface area contributed by atoms with Crippen molar-refractivity contribution in [3.05, 3.63) is 0 Å². The molecule has 1 aromatic heterocycles. The number of thioether (sulfide) groups is 1. The van der Waals surface area contributed by atoms with Gasteiger partial charge in [0.05, 0.1) is 11.8 Å². The van der Waals surface area contributed by atoms with E-state index in [1.807, 2.05) is 0 Å². The average Bonchev–Trinajstić information content (AvgIpc) is 3.19. The normalized spacial score (nSPS) is 17.3. The first-order chi connectivity index (χ1) is 9.94. The molecule has 1 unspecified atom stereocenters. The summed E-state index contributed by atoms with van der Waals surface area (Å²) in [5.41, 5.74) is -0.749. The number of aromatic nitrogens is 4. The topological polar surface area (TPSA) is 96.5 Å². The Hall–Kier alpha value is -1.62. The van der Waals surface area contributed by atoms with Crippen LogP contribution in [-0.2, 0) is 11.3 Å². The van der Waals surface area contributed by atoms with Crippen LogP contribution in [0.5, 0.6) is 0 Å². The van der Waals surface area contributed by atoms with E-state index in [0.717, 1.165) is 19.4 Å². The Bertz CT molecular complexity index is 547. The molecular weight excluding hydrogens is 288 g/mol. The highest BCUT2D eigenvalue weighted by molar-refractivity contribution is 7.99. The Labute approximate surface area is 128 Å². The van der Waals surface area contributed by atoms with Gasteiger partial charge in [-0.2, -0.15) is 5.26 Å². The number of hydrogen-bond donors (Lipinski definition) is 1. The van der Waals surface area contributed by atoms with Crippen molar-refractivity contribution in [1.29, 1.82) is 5.26 Å². The Kier molecular flexibility index (Phi) is 4.83. The molecule has 1 aromatic rings. The summed E-state index contributed by atoms with van der Waals surface area (Å²) >= 11 is 1.29. The molecule has 2 rings (SSSR count). The molecule has 1 aliphatic rings. The smallest absolute Gasteiger partial charge is 0.231 e. The minimum absolute atomic E-state index is 0.157. The molecule has 1 N–H and O–H groups in total. The van der Waals surface area contributed by atoms with Gasteiger partial charge in [-0.25, -0.2) is 4.68 Å². The number of carbonyl (C=O) groups excluding carboxylic acids is 1. The van der Waals surface area contributed by atoms with Crippen LogP contribution in [0.25, 0.3) is 0 Å². The number of nitrogens with zero attached hydrogens (tertiary/aromatic N) is 5. The third-order valence-electron chi connectivity index (χ3n) is 3.39. The molecule has 0 bridgehead atoms. The molecule has 7 nitrogen and oxygen atoms in total. The van der Waals surface area contributed by atoms with Gasteiger partial charge < -0.3 is 5.32 Å². The van der Waals surface area contributed by atoms with E-state index in [1.54, 1.807) is 11.6 Å². The second-order valence-electron chi connectivity index (χ2n) is 5.96. The van der Waals surface area contributed by atoms with E-state index in [1.165, 1.54) is 11.8 Å². The predicted octanol–water partition coefficient (Wildman–Crippen LogP) is 1.23. The molecule has 1 saturated carbocycles. The van der Waals surface area contributed by atoms with Crippen LogP contribution in [0.15, 0.2) is 5.16 Å². The lowest BCUT2D eigenvalue weighted by atomic mass is 9.98. The van der Waals surface area contributed by atoms with Gasteiger partial charge in [-0.3, -0.25) is 4.79 Å². The summed E-state index contributed by atoms with van der Waals surface area (Å²) in [6, 6.07) is 2.22. The Morgan fingerprint density at radius 2 is 2.33 bits per heavy atom. The van der Waals surface area contributed by atoms with Gasteiger partial charge in [-0.15, -0.1) is 5.10 Å². The minimum atomic E-state index is -0.749. The van der Waals surface area contributed by atoms with Crippen LogP contribution in [-0.4, -0.2) is 37.4 Å². The fourth-order valence-electron chi connectivity index (χ4n) is 2.10. The van der Waals surface area contributed by atoms with Crippen LogP contribution in [0.4, 0.5) is 0 Å². The molecule has 0 radical (unpaired) electrons. The van der Waals surface area contributed by atoms with Crippen molar-refractivity contribution in [2.75, 3.05) is 5.75 Å². The maximum atomic E-state index is 12.0. The number of hydrogen-bond acceptors (Lipinski definition) is 6. The standard InChI is InChI=1S/C13H20N6OS/c1-9(2)6-19-12(16-17-18-19)21-7-11(20)15-13(3,8-14)10-4-5-10/h9-10H,4-7H2,1-3H3,(H,15,20). The van der Waals surface area contributed by atoms with E-state index >= 15 is 0 Å². The summed E-state index contributed by atoms with van der Waals surface area (Å²) in [7, 11) is 0. The number of rotatable bonds is 7. The summed E-state index contributed by atoms with van der Waals surface area (Å²) in [5, 5.41) is 24.2. The zero-order chi connectivity index (χ0) is 15.5. The molecule has 0 aromatic carbocycles. The molecule has 1 heterocycles. The van der Waals surface area contributed by atoms with E-state index in [9.17, 15) is 10.1 Å². The van der Waals surface area contributed by atoms with Crippen LogP contribution < -0.4 is 5.32 Å². The van der Waals surface area contributed by atoms with E-state index in [4.69, 9.17) is 0 Å². The summed E-state index contributed by atoms with van der Waals surface area (Å²) in [6.07, 6.45) is 2.01. The highest BCUT2D eigenvalue weighted by Gasteiger charge is 2.42. The molecule has 0 saturated heterocycles. The van der Waals surface area contributed by atoms with Crippen molar-refractivity contribution in [2.24, 2.45) is 11.8 Å². The molecule has 114 valence electrons. The fourth-order valence-corrected chi connectivity index (χ4v) is 2.78. The monoisotopic (exact) mass is 308 g/mol. The van der Waals surface area contributed by atoms with Crippen molar-refractivity contribution < 1.29 is 4.79 Å². The third kappa shape index (κ3) is 4.17. The molecule has 0 spiro atoms. The van der Waals surface area contributed by atoms with Crippen molar-refractivity contribution in [3.8, 4) is 6.07 Å². The summed E-state index contributed by atoms with van der Waals surface area (Å²) in [6.45, 7) is 6.67. The molecule has 0 aliphatic heterocycles. The fraction of sp³-hybridized carbons (Fsp3) is 0.769. The van der Waals surface area contributed by atoms with E-state index < -0.39 is 5.54 Å². The zero-order valence-electron chi connectivity index (χ0n) is 12.5. The first kappa shape index (κ1) is 15.8. The first-order valence-electron chi connectivity index (χ1n) is 7.06. The van der Waals surface area contributed by atoms with Gasteiger partial charge >= 0.3 is 0 Å². The van der Waals surface area contributed by atoms with Gasteiger partial charge in [0, 0.05) is 6.54 Å². The predicted molar refractivity (Wildman–Crippen MR) is 78.3 cm³/mol. The number of amides is 1. The number of nitrogens with one attached hydrogen (secondary N) is 1. The molecule has 21 heavy (non-hydrogen) atoms. The minimum Gasteiger partial charge on any atom is -0.337 e. The lowest BCUT2D eigenvalue weighted by Gasteiger charge is -2.22. The van der Waals surface area contributed by atoms with Gasteiger partial charge in [0.25, 0.3) is 0 Å². The largest absolute Gasteiger partial charge is 0.337 e. The van der Waals surface area contributed by atoms with E-state index in [-0.39, 0.29) is 17.6 Å². The van der Waals surface area contributed by atoms with Crippen molar-refractivity contribution in [1.82, 2.24) is 25.5 Å². The quantitative estimate of drug-likeness (QED) is 0.761. The summed E-state index contributed by atoms with van der Waals surface area (Å²) < 4.78 is 1.70. The van der Waals surface area contributed by atoms with Crippen LogP contribution in [0.1, 0.15) is 33.6 Å². The van der Waals surface area contributed by atoms with Gasteiger partial charge in [0.1, 0.15) is 5.54 Å². The zero-order valence-corrected chi connectivity index (χ0v) is 13.4. The average molecular weight is 308 g/mol. The van der Waals surface area contributed by atoms with E-state index in [2.05, 4.69) is 40.8 Å².